The predicted molar refractivity (Wildman–Crippen MR) is 50.4 cm³/mol. The van der Waals surface area contributed by atoms with E-state index >= 15 is 0 Å². The second kappa shape index (κ2) is 3.28. The Balaban J connectivity index is 4.23. The Morgan fingerprint density at radius 3 is 1.82 bits per heavy atom. The van der Waals surface area contributed by atoms with Gasteiger partial charge in [0.2, 0.25) is 0 Å². The summed E-state index contributed by atoms with van der Waals surface area (Å²) in [5.74, 6) is 2.77. The minimum absolute atomic E-state index is 0.0944. The molecule has 0 heterocycles. The Labute approximate surface area is 70.6 Å². The third kappa shape index (κ3) is 4.06. The highest BCUT2D eigenvalue weighted by molar-refractivity contribution is 5.11. The Morgan fingerprint density at radius 2 is 1.73 bits per heavy atom. The van der Waals surface area contributed by atoms with Gasteiger partial charge in [-0.15, -0.1) is 6.42 Å². The van der Waals surface area contributed by atoms with Gasteiger partial charge in [-0.3, -0.25) is 5.32 Å². The summed E-state index contributed by atoms with van der Waals surface area (Å²) in [6, 6.07) is 0. The van der Waals surface area contributed by atoms with Crippen LogP contribution in [-0.2, 0) is 0 Å². The maximum Gasteiger partial charge on any atom is 0.0771 e. The largest absolute Gasteiger partial charge is 0.297 e. The van der Waals surface area contributed by atoms with Crippen molar-refractivity contribution in [1.29, 1.82) is 0 Å². The van der Waals surface area contributed by atoms with Crippen molar-refractivity contribution in [2.45, 2.75) is 52.1 Å². The van der Waals surface area contributed by atoms with E-state index in [9.17, 15) is 0 Å². The van der Waals surface area contributed by atoms with Crippen molar-refractivity contribution in [3.05, 3.63) is 0 Å². The summed E-state index contributed by atoms with van der Waals surface area (Å²) in [5.41, 5.74) is -0.0601. The van der Waals surface area contributed by atoms with Crippen LogP contribution in [0.2, 0.25) is 0 Å². The molecule has 0 saturated heterocycles. The molecule has 0 aliphatic carbocycles. The summed E-state index contributed by atoms with van der Waals surface area (Å²) in [5, 5.41) is 3.40. The SMILES string of the molecule is C#CC(C)(CC)NC(C)(C)C. The fourth-order valence-electron chi connectivity index (χ4n) is 1.05. The van der Waals surface area contributed by atoms with Crippen LogP contribution in [0.4, 0.5) is 0 Å². The van der Waals surface area contributed by atoms with Gasteiger partial charge in [0.1, 0.15) is 0 Å². The second-order valence-corrected chi connectivity index (χ2v) is 4.20. The summed E-state index contributed by atoms with van der Waals surface area (Å²) in [7, 11) is 0. The van der Waals surface area contributed by atoms with Crippen molar-refractivity contribution < 1.29 is 0 Å². The van der Waals surface area contributed by atoms with E-state index in [4.69, 9.17) is 6.42 Å². The molecule has 0 spiro atoms. The molecule has 0 bridgehead atoms. The van der Waals surface area contributed by atoms with E-state index in [-0.39, 0.29) is 11.1 Å². The van der Waals surface area contributed by atoms with Gasteiger partial charge in [0.05, 0.1) is 5.54 Å². The Kier molecular flexibility index (Phi) is 3.13. The zero-order chi connectivity index (χ0) is 9.12. The molecule has 1 heteroatoms. The molecule has 0 amide bonds. The molecule has 0 aliphatic rings. The van der Waals surface area contributed by atoms with Crippen LogP contribution in [0.1, 0.15) is 41.0 Å². The van der Waals surface area contributed by atoms with Crippen molar-refractivity contribution in [3.8, 4) is 12.3 Å². The molecular weight excluding hydrogens is 134 g/mol. The smallest absolute Gasteiger partial charge is 0.0771 e. The van der Waals surface area contributed by atoms with Gasteiger partial charge in [-0.1, -0.05) is 12.8 Å². The molecule has 0 rings (SSSR count). The van der Waals surface area contributed by atoms with Crippen molar-refractivity contribution in [1.82, 2.24) is 5.32 Å². The summed E-state index contributed by atoms with van der Waals surface area (Å²) < 4.78 is 0. The molecule has 0 saturated carbocycles. The van der Waals surface area contributed by atoms with E-state index in [1.807, 2.05) is 0 Å². The van der Waals surface area contributed by atoms with E-state index in [1.54, 1.807) is 0 Å². The van der Waals surface area contributed by atoms with Crippen LogP contribution >= 0.6 is 0 Å². The molecule has 0 fully saturated rings. The summed E-state index contributed by atoms with van der Waals surface area (Å²) in [6.45, 7) is 10.5. The van der Waals surface area contributed by atoms with Crippen molar-refractivity contribution in [2.24, 2.45) is 0 Å². The number of rotatable bonds is 2. The molecular formula is C10H19N. The second-order valence-electron chi connectivity index (χ2n) is 4.20. The molecule has 1 unspecified atom stereocenters. The quantitative estimate of drug-likeness (QED) is 0.600. The van der Waals surface area contributed by atoms with Gasteiger partial charge in [0.25, 0.3) is 0 Å². The van der Waals surface area contributed by atoms with Crippen molar-refractivity contribution in [3.63, 3.8) is 0 Å². The standard InChI is InChI=1S/C10H19N/c1-7-10(6,8-2)11-9(3,4)5/h1,11H,8H2,2-6H3. The molecule has 0 aromatic rings. The minimum atomic E-state index is -0.155. The first-order valence-electron chi connectivity index (χ1n) is 4.10. The van der Waals surface area contributed by atoms with E-state index < -0.39 is 0 Å². The summed E-state index contributed by atoms with van der Waals surface area (Å²) in [6.07, 6.45) is 6.37. The average Bonchev–Trinajstić information content (AvgIpc) is 1.84. The summed E-state index contributed by atoms with van der Waals surface area (Å²) in [4.78, 5) is 0. The first-order valence-corrected chi connectivity index (χ1v) is 4.10. The topological polar surface area (TPSA) is 12.0 Å². The monoisotopic (exact) mass is 153 g/mol. The highest BCUT2D eigenvalue weighted by Crippen LogP contribution is 2.13. The highest BCUT2D eigenvalue weighted by atomic mass is 15.0. The normalized spacial score (nSPS) is 17.1. The van der Waals surface area contributed by atoms with E-state index in [2.05, 4.69) is 45.9 Å². The molecule has 11 heavy (non-hydrogen) atoms. The van der Waals surface area contributed by atoms with Crippen LogP contribution in [0.15, 0.2) is 0 Å². The number of terminal acetylenes is 1. The van der Waals surface area contributed by atoms with Gasteiger partial charge in [-0.25, -0.2) is 0 Å². The molecule has 0 aromatic heterocycles. The Morgan fingerprint density at radius 1 is 1.27 bits per heavy atom. The van der Waals surface area contributed by atoms with Gasteiger partial charge in [0, 0.05) is 5.54 Å². The molecule has 1 N–H and O–H groups in total. The third-order valence-corrected chi connectivity index (χ3v) is 1.68. The highest BCUT2D eigenvalue weighted by Gasteiger charge is 2.24. The molecule has 0 aromatic carbocycles. The summed E-state index contributed by atoms with van der Waals surface area (Å²) >= 11 is 0. The Bertz CT molecular complexity index is 159. The number of nitrogens with one attached hydrogen (secondary N) is 1. The van der Waals surface area contributed by atoms with Crippen molar-refractivity contribution in [2.75, 3.05) is 0 Å². The van der Waals surface area contributed by atoms with Crippen LogP contribution in [-0.4, -0.2) is 11.1 Å². The van der Waals surface area contributed by atoms with E-state index in [1.165, 1.54) is 0 Å². The predicted octanol–water partition coefficient (Wildman–Crippen LogP) is 2.18. The maximum atomic E-state index is 5.41. The van der Waals surface area contributed by atoms with Crippen LogP contribution < -0.4 is 5.32 Å². The fourth-order valence-corrected chi connectivity index (χ4v) is 1.05. The first-order chi connectivity index (χ1) is 4.83. The third-order valence-electron chi connectivity index (χ3n) is 1.68. The molecule has 1 atom stereocenters. The van der Waals surface area contributed by atoms with Gasteiger partial charge in [-0.2, -0.15) is 0 Å². The van der Waals surface area contributed by atoms with E-state index in [0.717, 1.165) is 6.42 Å². The maximum absolute atomic E-state index is 5.41. The van der Waals surface area contributed by atoms with Crippen molar-refractivity contribution >= 4 is 0 Å². The molecule has 0 aliphatic heterocycles. The molecule has 0 radical (unpaired) electrons. The fraction of sp³-hybridized carbons (Fsp3) is 0.800. The average molecular weight is 153 g/mol. The lowest BCUT2D eigenvalue weighted by molar-refractivity contribution is 0.313. The number of hydrogen-bond donors (Lipinski definition) is 1. The molecule has 1 nitrogen and oxygen atoms in total. The van der Waals surface area contributed by atoms with Gasteiger partial charge >= 0.3 is 0 Å². The van der Waals surface area contributed by atoms with Crippen LogP contribution in [0.5, 0.6) is 0 Å². The van der Waals surface area contributed by atoms with Gasteiger partial charge in [0.15, 0.2) is 0 Å². The Hall–Kier alpha value is -0.480. The lowest BCUT2D eigenvalue weighted by Crippen LogP contribution is -2.50. The van der Waals surface area contributed by atoms with Crippen LogP contribution in [0, 0.1) is 12.3 Å². The lowest BCUT2D eigenvalue weighted by Gasteiger charge is -2.33. The van der Waals surface area contributed by atoms with Crippen LogP contribution in [0.3, 0.4) is 0 Å². The van der Waals surface area contributed by atoms with Crippen LogP contribution in [0.25, 0.3) is 0 Å². The number of hydrogen-bond acceptors (Lipinski definition) is 1. The zero-order valence-electron chi connectivity index (χ0n) is 8.28. The van der Waals surface area contributed by atoms with Gasteiger partial charge in [-0.05, 0) is 34.1 Å². The molecule has 64 valence electrons. The lowest BCUT2D eigenvalue weighted by atomic mass is 9.95. The first kappa shape index (κ1) is 10.5. The zero-order valence-corrected chi connectivity index (χ0v) is 8.28. The minimum Gasteiger partial charge on any atom is -0.297 e. The van der Waals surface area contributed by atoms with Gasteiger partial charge < -0.3 is 0 Å². The van der Waals surface area contributed by atoms with E-state index in [0.29, 0.717) is 0 Å².